The van der Waals surface area contributed by atoms with E-state index in [2.05, 4.69) is 5.32 Å². The van der Waals surface area contributed by atoms with Crippen molar-refractivity contribution in [1.82, 2.24) is 59.2 Å². The number of carbonyl (C=O) groups is 12. The van der Waals surface area contributed by atoms with Crippen LogP contribution in [0.15, 0.2) is 243 Å². The molecule has 0 aliphatic heterocycles. The summed E-state index contributed by atoms with van der Waals surface area (Å²) in [7, 11) is 0. The van der Waals surface area contributed by atoms with Crippen LogP contribution in [0.25, 0.3) is 0 Å². The zero-order valence-electron chi connectivity index (χ0n) is 79.4. The smallest absolute Gasteiger partial charge is 0.243 e. The molecule has 29 nitrogen and oxygen atoms in total. The highest BCUT2D eigenvalue weighted by molar-refractivity contribution is 5.96. The molecule has 12 atom stereocenters. The van der Waals surface area contributed by atoms with Crippen LogP contribution in [-0.4, -0.2) is 228 Å². The Hall–Kier alpha value is -12.8. The second-order valence-electron chi connectivity index (χ2n) is 34.2. The van der Waals surface area contributed by atoms with Crippen LogP contribution in [0.5, 0.6) is 0 Å². The molecule has 12 unspecified atom stereocenters. The van der Waals surface area contributed by atoms with Crippen LogP contribution in [0, 0.1) is 0 Å². The number of nitrogens with two attached hydrogens (primary N) is 5. The summed E-state index contributed by atoms with van der Waals surface area (Å²) in [5.41, 5.74) is 38.5. The lowest BCUT2D eigenvalue weighted by Crippen LogP contribution is -2.57. The second-order valence-corrected chi connectivity index (χ2v) is 34.2. The third-order valence-corrected chi connectivity index (χ3v) is 25.0. The van der Waals surface area contributed by atoms with Gasteiger partial charge in [-0.05, 0) is 126 Å². The third-order valence-electron chi connectivity index (χ3n) is 25.0. The molecule has 0 bridgehead atoms. The van der Waals surface area contributed by atoms with Gasteiger partial charge in [0.15, 0.2) is 0 Å². The Labute approximate surface area is 785 Å². The molecule has 0 aliphatic rings. The molecule has 0 spiro atoms. The molecule has 8 aromatic rings. The van der Waals surface area contributed by atoms with E-state index in [9.17, 15) is 14.4 Å². The van der Waals surface area contributed by atoms with Gasteiger partial charge >= 0.3 is 0 Å². The number of hydrogen-bond acceptors (Lipinski definition) is 17. The van der Waals surface area contributed by atoms with Crippen molar-refractivity contribution in [2.24, 2.45) is 28.7 Å². The molecule has 29 heteroatoms. The monoisotopic (exact) mass is 1820 g/mol. The maximum Gasteiger partial charge on any atom is 0.243 e. The Kier molecular flexibility index (Phi) is 42.1. The van der Waals surface area contributed by atoms with Crippen LogP contribution in [-0.2, 0) is 57.5 Å². The summed E-state index contributed by atoms with van der Waals surface area (Å²) < 4.78 is 0. The molecule has 0 aliphatic carbocycles. The van der Waals surface area contributed by atoms with Gasteiger partial charge in [0.05, 0.1) is 86.1 Å². The topological polar surface area (TPSA) is 383 Å². The lowest BCUT2D eigenvalue weighted by atomic mass is 10.0. The van der Waals surface area contributed by atoms with E-state index >= 15 is 43.2 Å². The van der Waals surface area contributed by atoms with E-state index in [4.69, 9.17) is 28.7 Å². The Balaban J connectivity index is 1.13. The van der Waals surface area contributed by atoms with Crippen molar-refractivity contribution in [1.29, 1.82) is 0 Å². The molecule has 12 amide bonds. The molecule has 11 N–H and O–H groups in total. The SMILES string of the molecule is CCCC(N)NCC(=O)N(CC(=O)N(CC(=O)N(CC(=O)N(CC(=O)N(CC(=O)N(CC(=O)N(CC(=O)N(CC(=O)N(CC(=O)N(CC(=O)N(CC(N)=O)C(C)c1ccccc1)C(C)c1ccccc1)C(N)CCC)C(C)c1ccccc1)C(C)c1ccccc1)C(N)CCC)C(C)c1ccccc1)C(C)c1ccccc1)C(N)CCC)C(C)c1ccccc1)C(C)c1ccccc1. The summed E-state index contributed by atoms with van der Waals surface area (Å²) in [6, 6.07) is 65.8. The maximum absolute atomic E-state index is 16.1. The minimum Gasteiger partial charge on any atom is -0.368 e. The largest absolute Gasteiger partial charge is 0.368 e. The van der Waals surface area contributed by atoms with Gasteiger partial charge in [-0.2, -0.15) is 0 Å². The standard InChI is InChI=1S/C104H139N17O12/c1-13-41-89(105)110-61-94(123)112(74(6)82-47-27-18-28-48-82)63-96(125)116(78(10)86-55-35-22-36-56-86)67-102(131)120(91(107)43-15-3)71-100(129)114(76(8)84-51-31-20-32-52-84)65-98(127)118(80(12)88-59-39-24-40-60-88)69-104(133)121(92(108)44-16-4)72-101(130)115(77(9)85-53-33-21-34-54-85)66-97(126)117(79(11)87-57-37-23-38-58-87)68-103(132)119(90(106)42-14-2)70-99(128)113(75(7)83-49-29-19-30-50-83)64-95(124)111(62-93(109)122)73(5)81-45-25-17-26-46-81/h17-40,45-60,73-80,89-92,110H,13-16,41-44,61-72,105-108H2,1-12H3,(H2,109,122). The molecule has 0 radical (unpaired) electrons. The van der Waals surface area contributed by atoms with Crippen molar-refractivity contribution in [2.45, 2.75) is 207 Å². The van der Waals surface area contributed by atoms with Gasteiger partial charge in [-0.1, -0.05) is 296 Å². The highest BCUT2D eigenvalue weighted by Gasteiger charge is 2.41. The molecule has 8 rings (SSSR count). The molecule has 0 saturated carbocycles. The van der Waals surface area contributed by atoms with Crippen LogP contribution in [0.3, 0.4) is 0 Å². The second kappa shape index (κ2) is 53.0. The number of primary amides is 1. The first-order valence-corrected chi connectivity index (χ1v) is 46.4. The maximum atomic E-state index is 16.1. The number of benzene rings is 8. The molecule has 0 aromatic heterocycles. The lowest BCUT2D eigenvalue weighted by molar-refractivity contribution is -0.153. The van der Waals surface area contributed by atoms with Gasteiger partial charge in [0.1, 0.15) is 65.4 Å². The highest BCUT2D eigenvalue weighted by atomic mass is 16.2. The summed E-state index contributed by atoms with van der Waals surface area (Å²) in [6.07, 6.45) is -0.513. The lowest BCUT2D eigenvalue weighted by Gasteiger charge is -2.39. The Morgan fingerprint density at radius 3 is 0.519 bits per heavy atom. The molecular formula is C104H139N17O12. The molecule has 8 aromatic carbocycles. The van der Waals surface area contributed by atoms with E-state index in [-0.39, 0.29) is 25.8 Å². The molecule has 0 fully saturated rings. The molecule has 0 heterocycles. The van der Waals surface area contributed by atoms with Gasteiger partial charge in [0.2, 0.25) is 70.9 Å². The van der Waals surface area contributed by atoms with Gasteiger partial charge < -0.3 is 82.6 Å². The van der Waals surface area contributed by atoms with E-state index in [1.54, 1.807) is 206 Å². The number of nitrogens with zero attached hydrogens (tertiary/aromatic N) is 11. The summed E-state index contributed by atoms with van der Waals surface area (Å²) in [5, 5.41) is 3.10. The number of amides is 12. The van der Waals surface area contributed by atoms with Crippen molar-refractivity contribution < 1.29 is 57.5 Å². The van der Waals surface area contributed by atoms with Gasteiger partial charge in [-0.25, -0.2) is 0 Å². The van der Waals surface area contributed by atoms with Gasteiger partial charge in [0.25, 0.3) is 0 Å². The summed E-state index contributed by atoms with van der Waals surface area (Å²) in [5.74, 6) is -8.13. The summed E-state index contributed by atoms with van der Waals surface area (Å²) in [4.78, 5) is 198. The zero-order chi connectivity index (χ0) is 97.0. The number of nitrogens with one attached hydrogen (secondary N) is 1. The molecular weight excluding hydrogens is 1680 g/mol. The van der Waals surface area contributed by atoms with Crippen LogP contribution in [0.4, 0.5) is 0 Å². The predicted octanol–water partition coefficient (Wildman–Crippen LogP) is 11.6. The first-order valence-electron chi connectivity index (χ1n) is 46.4. The fraction of sp³-hybridized carbons (Fsp3) is 0.423. The quantitative estimate of drug-likeness (QED) is 0.0193. The third kappa shape index (κ3) is 30.4. The predicted molar refractivity (Wildman–Crippen MR) is 516 cm³/mol. The first-order chi connectivity index (χ1) is 63.7. The normalized spacial score (nSPS) is 13.9. The Morgan fingerprint density at radius 2 is 0.361 bits per heavy atom. The van der Waals surface area contributed by atoms with Crippen molar-refractivity contribution in [2.75, 3.05) is 78.5 Å². The number of carbonyl (C=O) groups excluding carboxylic acids is 12. The molecule has 0 saturated heterocycles. The average Bonchev–Trinajstić information content (AvgIpc) is 0.791. The Morgan fingerprint density at radius 1 is 0.218 bits per heavy atom. The van der Waals surface area contributed by atoms with E-state index in [1.807, 2.05) is 120 Å². The van der Waals surface area contributed by atoms with Crippen molar-refractivity contribution >= 4 is 70.9 Å². The zero-order valence-corrected chi connectivity index (χ0v) is 79.4. The van der Waals surface area contributed by atoms with Gasteiger partial charge in [0, 0.05) is 0 Å². The van der Waals surface area contributed by atoms with Crippen LogP contribution in [0.1, 0.15) is 227 Å². The van der Waals surface area contributed by atoms with E-state index in [0.29, 0.717) is 64.6 Å². The Bertz CT molecular complexity index is 4980. The number of hydrogen-bond donors (Lipinski definition) is 6. The average molecular weight is 1820 g/mol. The van der Waals surface area contributed by atoms with Crippen LogP contribution < -0.4 is 34.0 Å². The molecule has 133 heavy (non-hydrogen) atoms. The van der Waals surface area contributed by atoms with Crippen LogP contribution >= 0.6 is 0 Å². The van der Waals surface area contributed by atoms with Gasteiger partial charge in [-0.15, -0.1) is 0 Å². The minimum atomic E-state index is -1.16. The number of rotatable bonds is 52. The van der Waals surface area contributed by atoms with Crippen LogP contribution in [0.2, 0.25) is 0 Å². The van der Waals surface area contributed by atoms with Crippen molar-refractivity contribution in [3.8, 4) is 0 Å². The van der Waals surface area contributed by atoms with E-state index < -0.39 is 216 Å². The van der Waals surface area contributed by atoms with Crippen molar-refractivity contribution in [3.63, 3.8) is 0 Å². The van der Waals surface area contributed by atoms with E-state index in [1.165, 1.54) is 53.9 Å². The molecule has 712 valence electrons. The summed E-state index contributed by atoms with van der Waals surface area (Å²) in [6.45, 7) is 14.6. The first kappa shape index (κ1) is 106. The van der Waals surface area contributed by atoms with E-state index in [0.717, 1.165) is 12.0 Å². The fourth-order valence-electron chi connectivity index (χ4n) is 16.6. The fourth-order valence-corrected chi connectivity index (χ4v) is 16.6. The van der Waals surface area contributed by atoms with Gasteiger partial charge in [-0.3, -0.25) is 62.9 Å². The van der Waals surface area contributed by atoms with Crippen molar-refractivity contribution in [3.05, 3.63) is 287 Å². The highest BCUT2D eigenvalue weighted by Crippen LogP contribution is 2.32. The minimum absolute atomic E-state index is 0.167. The summed E-state index contributed by atoms with van der Waals surface area (Å²) >= 11 is 0.